The molecule has 0 spiro atoms. The van der Waals surface area contributed by atoms with Crippen LogP contribution >= 0.6 is 0 Å². The van der Waals surface area contributed by atoms with E-state index in [2.05, 4.69) is 5.32 Å². The first-order chi connectivity index (χ1) is 24.4. The Hall–Kier alpha value is -3.82. The predicted octanol–water partition coefficient (Wildman–Crippen LogP) is 2.67. The second kappa shape index (κ2) is 14.8. The number of aliphatic hydroxyl groups is 3. The number of nitrogens with one attached hydrogen (secondary N) is 1. The van der Waals surface area contributed by atoms with E-state index >= 15 is 0 Å². The molecule has 1 unspecified atom stereocenters. The van der Waals surface area contributed by atoms with Crippen molar-refractivity contribution in [3.63, 3.8) is 0 Å². The molecule has 11 atom stereocenters. The molecular formula is C38H55NO14. The number of methoxy groups -OCH3 is 1. The maximum atomic E-state index is 14.1. The molecule has 15 nitrogen and oxygen atoms in total. The highest BCUT2D eigenvalue weighted by molar-refractivity contribution is 5.99. The molecule has 53 heavy (non-hydrogen) atoms. The summed E-state index contributed by atoms with van der Waals surface area (Å²) in [7, 11) is 1.07. The van der Waals surface area contributed by atoms with Gasteiger partial charge in [-0.25, -0.2) is 19.2 Å². The number of rotatable bonds is 9. The van der Waals surface area contributed by atoms with Crippen LogP contribution in [0.2, 0.25) is 0 Å². The summed E-state index contributed by atoms with van der Waals surface area (Å²) < 4.78 is 27.8. The number of allylic oxidation sites excluding steroid dienone is 3. The summed E-state index contributed by atoms with van der Waals surface area (Å²) in [5.41, 5.74) is -5.16. The molecule has 2 saturated carbocycles. The standard InChI is InChI=1S/C38H55NO14/c1-17(2)12-21(39-34(48)53-35(6,7)8)31(45)52-26-19(5)20-14-23-38(16-40)28(36(20,9)15-22(26)41)25(43)30(44)37(10,33(47)49-11)29(38)27(32(46)50-23)51-24(42)13-18(3)4/h13,17,20-21,23,25,27-30,40,43-44H,12,14-16H2,1-11H3,(H,39,48)/t20-,21-,23+,25+,27+,28?,29-,30-,36-,37+,38+/m0/s1. The highest BCUT2D eigenvalue weighted by Gasteiger charge is 2.80. The normalized spacial score (nSPS) is 35.6. The molecule has 4 rings (SSSR count). The fourth-order valence-corrected chi connectivity index (χ4v) is 9.64. The van der Waals surface area contributed by atoms with Crippen LogP contribution < -0.4 is 5.32 Å². The summed E-state index contributed by atoms with van der Waals surface area (Å²) in [5, 5.41) is 37.9. The van der Waals surface area contributed by atoms with Gasteiger partial charge in [0.1, 0.15) is 23.2 Å². The van der Waals surface area contributed by atoms with Gasteiger partial charge < -0.3 is 44.3 Å². The number of hydrogen-bond donors (Lipinski definition) is 4. The summed E-state index contributed by atoms with van der Waals surface area (Å²) >= 11 is 0. The lowest BCUT2D eigenvalue weighted by Gasteiger charge is -2.70. The van der Waals surface area contributed by atoms with Crippen LogP contribution in [0.3, 0.4) is 0 Å². The van der Waals surface area contributed by atoms with Crippen LogP contribution in [0.1, 0.15) is 88.5 Å². The van der Waals surface area contributed by atoms with Gasteiger partial charge in [-0.1, -0.05) is 26.3 Å². The zero-order chi connectivity index (χ0) is 40.2. The molecule has 4 aliphatic rings. The molecule has 0 bridgehead atoms. The van der Waals surface area contributed by atoms with E-state index in [0.29, 0.717) is 5.57 Å². The van der Waals surface area contributed by atoms with Gasteiger partial charge in [-0.05, 0) is 84.1 Å². The molecule has 4 N–H and O–H groups in total. The van der Waals surface area contributed by atoms with E-state index in [1.165, 1.54) is 6.92 Å². The van der Waals surface area contributed by atoms with Crippen LogP contribution in [-0.2, 0) is 47.7 Å². The van der Waals surface area contributed by atoms with Crippen molar-refractivity contribution in [2.45, 2.75) is 125 Å². The molecular weight excluding hydrogens is 694 g/mol. The number of ether oxygens (including phenoxy) is 5. The lowest BCUT2D eigenvalue weighted by atomic mass is 9.35. The SMILES string of the molecule is COC(=O)[C@@]1(C)[C@@H](O)[C@H](O)C2[C@@]3(CO)[C@@H](C[C@H]4C(C)=C(OC(=O)[C@H](CC(C)C)NC(=O)OC(C)(C)C)C(=O)C[C@]24C)OC(=O)[C@H](OC(=O)C=C(C)C)[C@@H]13. The van der Waals surface area contributed by atoms with Crippen molar-refractivity contribution in [2.24, 2.45) is 39.9 Å². The Morgan fingerprint density at radius 3 is 2.23 bits per heavy atom. The molecule has 3 fully saturated rings. The Labute approximate surface area is 309 Å². The molecule has 296 valence electrons. The third kappa shape index (κ3) is 7.23. The second-order valence-corrected chi connectivity index (χ2v) is 17.1. The second-order valence-electron chi connectivity index (χ2n) is 17.1. The Morgan fingerprint density at radius 2 is 1.70 bits per heavy atom. The first kappa shape index (κ1) is 41.9. The average Bonchev–Trinajstić information content (AvgIpc) is 3.02. The number of esters is 4. The quantitative estimate of drug-likeness (QED) is 0.151. The zero-order valence-electron chi connectivity index (χ0n) is 32.4. The van der Waals surface area contributed by atoms with Crippen molar-refractivity contribution in [1.29, 1.82) is 0 Å². The van der Waals surface area contributed by atoms with Gasteiger partial charge in [0, 0.05) is 29.7 Å². The highest BCUT2D eigenvalue weighted by atomic mass is 16.6. The minimum atomic E-state index is -2.11. The van der Waals surface area contributed by atoms with Crippen LogP contribution in [0, 0.1) is 39.9 Å². The number of fused-ring (bicyclic) bond motifs is 2. The Bertz CT molecular complexity index is 1590. The van der Waals surface area contributed by atoms with Gasteiger partial charge in [-0.2, -0.15) is 0 Å². The number of alkyl carbamates (subject to hydrolysis) is 1. The highest BCUT2D eigenvalue weighted by Crippen LogP contribution is 2.71. The van der Waals surface area contributed by atoms with Gasteiger partial charge >= 0.3 is 30.0 Å². The Morgan fingerprint density at radius 1 is 1.08 bits per heavy atom. The number of amides is 1. The van der Waals surface area contributed by atoms with Crippen molar-refractivity contribution in [2.75, 3.05) is 13.7 Å². The molecule has 1 saturated heterocycles. The zero-order valence-corrected chi connectivity index (χ0v) is 32.4. The third-order valence-corrected chi connectivity index (χ3v) is 11.5. The van der Waals surface area contributed by atoms with E-state index in [4.69, 9.17) is 23.7 Å². The van der Waals surface area contributed by atoms with E-state index in [-0.39, 0.29) is 36.5 Å². The molecule has 0 aromatic rings. The molecule has 0 aromatic heterocycles. The number of hydrogen-bond acceptors (Lipinski definition) is 14. The Kier molecular flexibility index (Phi) is 11.7. The monoisotopic (exact) mass is 749 g/mol. The summed E-state index contributed by atoms with van der Waals surface area (Å²) in [4.78, 5) is 80.9. The smallest absolute Gasteiger partial charge is 0.408 e. The van der Waals surface area contributed by atoms with Crippen LogP contribution in [-0.4, -0.2) is 101 Å². The van der Waals surface area contributed by atoms with E-state index in [1.54, 1.807) is 48.5 Å². The van der Waals surface area contributed by atoms with Gasteiger partial charge in [-0.15, -0.1) is 0 Å². The first-order valence-electron chi connectivity index (χ1n) is 18.0. The molecule has 1 aliphatic heterocycles. The van der Waals surface area contributed by atoms with Crippen molar-refractivity contribution in [1.82, 2.24) is 5.32 Å². The van der Waals surface area contributed by atoms with Crippen LogP contribution in [0.25, 0.3) is 0 Å². The Balaban J connectivity index is 1.84. The van der Waals surface area contributed by atoms with Crippen molar-refractivity contribution >= 4 is 35.8 Å². The number of aliphatic hydroxyl groups excluding tert-OH is 3. The molecule has 0 aromatic carbocycles. The molecule has 1 amide bonds. The molecule has 15 heteroatoms. The largest absolute Gasteiger partial charge is 0.469 e. The van der Waals surface area contributed by atoms with Crippen LogP contribution in [0.5, 0.6) is 0 Å². The van der Waals surface area contributed by atoms with Crippen molar-refractivity contribution < 1.29 is 67.8 Å². The average molecular weight is 750 g/mol. The predicted molar refractivity (Wildman–Crippen MR) is 185 cm³/mol. The summed E-state index contributed by atoms with van der Waals surface area (Å²) in [5.74, 6) is -8.31. The number of ketones is 1. The van der Waals surface area contributed by atoms with Gasteiger partial charge in [0.25, 0.3) is 0 Å². The van der Waals surface area contributed by atoms with E-state index < -0.39 is 112 Å². The maximum Gasteiger partial charge on any atom is 0.408 e. The summed E-state index contributed by atoms with van der Waals surface area (Å²) in [6.45, 7) is 15.7. The number of carbonyl (C=O) groups excluding carboxylic acids is 6. The van der Waals surface area contributed by atoms with E-state index in [0.717, 1.165) is 13.2 Å². The minimum absolute atomic E-state index is 0.0593. The van der Waals surface area contributed by atoms with Crippen molar-refractivity contribution in [3.8, 4) is 0 Å². The summed E-state index contributed by atoms with van der Waals surface area (Å²) in [6.07, 6.45) is -6.73. The van der Waals surface area contributed by atoms with Gasteiger partial charge in [0.15, 0.2) is 11.5 Å². The first-order valence-corrected chi connectivity index (χ1v) is 18.0. The van der Waals surface area contributed by atoms with Gasteiger partial charge in [-0.3, -0.25) is 9.59 Å². The molecule has 3 aliphatic carbocycles. The topological polar surface area (TPSA) is 221 Å². The van der Waals surface area contributed by atoms with Gasteiger partial charge in [0.2, 0.25) is 6.10 Å². The minimum Gasteiger partial charge on any atom is -0.469 e. The van der Waals surface area contributed by atoms with Crippen LogP contribution in [0.15, 0.2) is 23.0 Å². The molecule has 1 heterocycles. The van der Waals surface area contributed by atoms with Crippen LogP contribution in [0.4, 0.5) is 4.79 Å². The lowest BCUT2D eigenvalue weighted by molar-refractivity contribution is -0.326. The fraction of sp³-hybridized carbons (Fsp3) is 0.737. The maximum absolute atomic E-state index is 14.1. The summed E-state index contributed by atoms with van der Waals surface area (Å²) in [6, 6.07) is -1.17. The fourth-order valence-electron chi connectivity index (χ4n) is 9.64. The number of Topliss-reactive ketones (excluding diaryl/α,β-unsaturated/α-hetero) is 1. The van der Waals surface area contributed by atoms with E-state index in [9.17, 15) is 44.1 Å². The van der Waals surface area contributed by atoms with Gasteiger partial charge in [0.05, 0.1) is 25.9 Å². The van der Waals surface area contributed by atoms with E-state index in [1.807, 2.05) is 13.8 Å². The lowest BCUT2D eigenvalue weighted by Crippen LogP contribution is -2.80. The third-order valence-electron chi connectivity index (χ3n) is 11.5. The number of carbonyl (C=O) groups is 6. The van der Waals surface area contributed by atoms with Crippen molar-refractivity contribution in [3.05, 3.63) is 23.0 Å². The molecule has 0 radical (unpaired) electrons.